The van der Waals surface area contributed by atoms with Crippen molar-refractivity contribution in [2.75, 3.05) is 59.5 Å². The van der Waals surface area contributed by atoms with Crippen LogP contribution in [0.1, 0.15) is 15.9 Å². The second-order valence-corrected chi connectivity index (χ2v) is 8.50. The number of hydrogen-bond acceptors (Lipinski definition) is 5. The summed E-state index contributed by atoms with van der Waals surface area (Å²) in [4.78, 5) is 16.7. The number of nitrogens with zero attached hydrogens (tertiary/aromatic N) is 3. The van der Waals surface area contributed by atoms with Crippen LogP contribution in [0.2, 0.25) is 0 Å². The predicted octanol–water partition coefficient (Wildman–Crippen LogP) is 0.404. The average molecular weight is 367 g/mol. The Balaban J connectivity index is 1.87. The molecule has 8 heteroatoms. The minimum atomic E-state index is -3.59. The first-order chi connectivity index (χ1) is 11.9. The van der Waals surface area contributed by atoms with Gasteiger partial charge in [-0.2, -0.15) is 4.31 Å². The molecule has 0 aliphatic carbocycles. The minimum Gasteiger partial charge on any atom is -0.378 e. The molecule has 25 heavy (non-hydrogen) atoms. The van der Waals surface area contributed by atoms with Crippen LogP contribution in [0.3, 0.4) is 0 Å². The lowest BCUT2D eigenvalue weighted by Gasteiger charge is -2.32. The van der Waals surface area contributed by atoms with E-state index in [1.807, 2.05) is 7.05 Å². The van der Waals surface area contributed by atoms with E-state index in [1.165, 1.54) is 10.4 Å². The van der Waals surface area contributed by atoms with Gasteiger partial charge in [-0.25, -0.2) is 8.42 Å². The maximum atomic E-state index is 13.0. The smallest absolute Gasteiger partial charge is 0.254 e. The van der Waals surface area contributed by atoms with Crippen molar-refractivity contribution in [3.63, 3.8) is 0 Å². The Bertz CT molecular complexity index is 736. The summed E-state index contributed by atoms with van der Waals surface area (Å²) in [5, 5.41) is 0. The molecule has 0 radical (unpaired) electrons. The van der Waals surface area contributed by atoms with Crippen molar-refractivity contribution in [3.8, 4) is 0 Å². The van der Waals surface area contributed by atoms with Crippen LogP contribution in [0.4, 0.5) is 0 Å². The Morgan fingerprint density at radius 2 is 1.68 bits per heavy atom. The molecular formula is C17H25N3O4S. The van der Waals surface area contributed by atoms with E-state index in [9.17, 15) is 13.2 Å². The molecule has 0 saturated carbocycles. The number of carbonyl (C=O) groups is 1. The van der Waals surface area contributed by atoms with Gasteiger partial charge in [0.15, 0.2) is 0 Å². The quantitative estimate of drug-likeness (QED) is 0.774. The highest BCUT2D eigenvalue weighted by Gasteiger charge is 2.30. The van der Waals surface area contributed by atoms with E-state index in [0.717, 1.165) is 0 Å². The first-order valence-electron chi connectivity index (χ1n) is 8.56. The van der Waals surface area contributed by atoms with E-state index < -0.39 is 10.0 Å². The van der Waals surface area contributed by atoms with Gasteiger partial charge in [0.2, 0.25) is 10.0 Å². The third kappa shape index (κ3) is 3.87. The van der Waals surface area contributed by atoms with Gasteiger partial charge in [-0.3, -0.25) is 4.79 Å². The summed E-state index contributed by atoms with van der Waals surface area (Å²) in [7, 11) is -1.61. The zero-order valence-corrected chi connectivity index (χ0v) is 15.6. The van der Waals surface area contributed by atoms with Crippen molar-refractivity contribution in [1.29, 1.82) is 0 Å². The molecule has 1 aromatic carbocycles. The Hall–Kier alpha value is -1.48. The van der Waals surface area contributed by atoms with Crippen molar-refractivity contribution in [1.82, 2.24) is 14.1 Å². The first-order valence-corrected chi connectivity index (χ1v) is 10.00. The fraction of sp³-hybridized carbons (Fsp3) is 0.588. The van der Waals surface area contributed by atoms with Crippen molar-refractivity contribution in [3.05, 3.63) is 29.3 Å². The van der Waals surface area contributed by atoms with Gasteiger partial charge in [0.1, 0.15) is 0 Å². The highest BCUT2D eigenvalue weighted by Crippen LogP contribution is 2.23. The summed E-state index contributed by atoms with van der Waals surface area (Å²) in [6, 6.07) is 4.95. The topological polar surface area (TPSA) is 70.2 Å². The summed E-state index contributed by atoms with van der Waals surface area (Å²) in [5.41, 5.74) is 1.08. The van der Waals surface area contributed by atoms with Gasteiger partial charge >= 0.3 is 0 Å². The molecule has 2 aliphatic rings. The van der Waals surface area contributed by atoms with Gasteiger partial charge < -0.3 is 14.5 Å². The molecule has 2 saturated heterocycles. The van der Waals surface area contributed by atoms with Crippen LogP contribution in [0.5, 0.6) is 0 Å². The molecule has 138 valence electrons. The van der Waals surface area contributed by atoms with Crippen LogP contribution in [-0.4, -0.2) is 88.0 Å². The highest BCUT2D eigenvalue weighted by molar-refractivity contribution is 7.89. The number of benzene rings is 1. The molecule has 1 aromatic rings. The van der Waals surface area contributed by atoms with Gasteiger partial charge in [-0.1, -0.05) is 6.07 Å². The molecule has 0 atom stereocenters. The zero-order chi connectivity index (χ0) is 18.0. The molecule has 0 N–H and O–H groups in total. The number of carbonyl (C=O) groups excluding carboxylic acids is 1. The Labute approximate surface area is 149 Å². The first kappa shape index (κ1) is 18.3. The fourth-order valence-corrected chi connectivity index (χ4v) is 4.80. The average Bonchev–Trinajstić information content (AvgIpc) is 2.62. The summed E-state index contributed by atoms with van der Waals surface area (Å²) < 4.78 is 32.8. The Kier molecular flexibility index (Phi) is 5.43. The third-order valence-corrected chi connectivity index (χ3v) is 6.85. The van der Waals surface area contributed by atoms with E-state index >= 15 is 0 Å². The van der Waals surface area contributed by atoms with Crippen LogP contribution >= 0.6 is 0 Å². The standard InChI is InChI=1S/C17H25N3O4S/c1-14-3-4-15(17(21)19-9-11-24-12-10-19)13-16(14)25(22,23)20-7-5-18(2)6-8-20/h3-4,13H,5-12H2,1-2H3. The zero-order valence-electron chi connectivity index (χ0n) is 14.8. The van der Waals surface area contributed by atoms with Crippen LogP contribution in [0.15, 0.2) is 23.1 Å². The number of likely N-dealkylation sites (N-methyl/N-ethyl adjacent to an activating group) is 1. The number of piperazine rings is 1. The maximum absolute atomic E-state index is 13.0. The second kappa shape index (κ2) is 7.41. The van der Waals surface area contributed by atoms with E-state index in [4.69, 9.17) is 4.74 Å². The lowest BCUT2D eigenvalue weighted by Crippen LogP contribution is -2.47. The van der Waals surface area contributed by atoms with E-state index in [2.05, 4.69) is 4.90 Å². The Morgan fingerprint density at radius 3 is 2.32 bits per heavy atom. The van der Waals surface area contributed by atoms with Gasteiger partial charge in [0, 0.05) is 44.8 Å². The van der Waals surface area contributed by atoms with Crippen molar-refractivity contribution in [2.45, 2.75) is 11.8 Å². The van der Waals surface area contributed by atoms with Gasteiger partial charge in [0.25, 0.3) is 5.91 Å². The molecule has 3 rings (SSSR count). The summed E-state index contributed by atoms with van der Waals surface area (Å²) in [6.45, 7) is 6.25. The Morgan fingerprint density at radius 1 is 1.04 bits per heavy atom. The molecule has 2 fully saturated rings. The predicted molar refractivity (Wildman–Crippen MR) is 94.2 cm³/mol. The van der Waals surface area contributed by atoms with Gasteiger partial charge in [-0.05, 0) is 31.7 Å². The molecule has 2 heterocycles. The number of rotatable bonds is 3. The van der Waals surface area contributed by atoms with E-state index in [-0.39, 0.29) is 10.8 Å². The van der Waals surface area contributed by atoms with Crippen molar-refractivity contribution in [2.24, 2.45) is 0 Å². The van der Waals surface area contributed by atoms with Gasteiger partial charge in [0.05, 0.1) is 18.1 Å². The number of ether oxygens (including phenoxy) is 1. The number of amides is 1. The highest BCUT2D eigenvalue weighted by atomic mass is 32.2. The molecule has 0 aromatic heterocycles. The summed E-state index contributed by atoms with van der Waals surface area (Å²) in [5.74, 6) is -0.141. The molecule has 2 aliphatic heterocycles. The van der Waals surface area contributed by atoms with E-state index in [0.29, 0.717) is 63.6 Å². The second-order valence-electron chi connectivity index (χ2n) is 6.59. The lowest BCUT2D eigenvalue weighted by atomic mass is 10.1. The summed E-state index contributed by atoms with van der Waals surface area (Å²) in [6.07, 6.45) is 0. The van der Waals surface area contributed by atoms with E-state index in [1.54, 1.807) is 24.0 Å². The van der Waals surface area contributed by atoms with Crippen LogP contribution in [0.25, 0.3) is 0 Å². The number of morpholine rings is 1. The van der Waals surface area contributed by atoms with Crippen molar-refractivity contribution < 1.29 is 17.9 Å². The SMILES string of the molecule is Cc1ccc(C(=O)N2CCOCC2)cc1S(=O)(=O)N1CCN(C)CC1. The number of sulfonamides is 1. The van der Waals surface area contributed by atoms with Crippen LogP contribution < -0.4 is 0 Å². The lowest BCUT2D eigenvalue weighted by molar-refractivity contribution is 0.0302. The van der Waals surface area contributed by atoms with Crippen molar-refractivity contribution >= 4 is 15.9 Å². The molecular weight excluding hydrogens is 342 g/mol. The molecule has 0 spiro atoms. The normalized spacial score (nSPS) is 20.6. The van der Waals surface area contributed by atoms with Gasteiger partial charge in [-0.15, -0.1) is 0 Å². The fourth-order valence-electron chi connectivity index (χ4n) is 3.13. The minimum absolute atomic E-state index is 0.141. The number of aryl methyl sites for hydroxylation is 1. The van der Waals surface area contributed by atoms with Crippen LogP contribution in [-0.2, 0) is 14.8 Å². The summed E-state index contributed by atoms with van der Waals surface area (Å²) >= 11 is 0. The molecule has 7 nitrogen and oxygen atoms in total. The maximum Gasteiger partial charge on any atom is 0.254 e. The third-order valence-electron chi connectivity index (χ3n) is 4.81. The van der Waals surface area contributed by atoms with Crippen LogP contribution in [0, 0.1) is 6.92 Å². The molecule has 1 amide bonds. The largest absolute Gasteiger partial charge is 0.378 e. The molecule has 0 bridgehead atoms. The molecule has 0 unspecified atom stereocenters. The number of hydrogen-bond donors (Lipinski definition) is 0. The monoisotopic (exact) mass is 367 g/mol.